The Balaban J connectivity index is 1.71. The number of thiophene rings is 1. The first kappa shape index (κ1) is 20.6. The summed E-state index contributed by atoms with van der Waals surface area (Å²) in [4.78, 5) is 17.1. The molecule has 3 rings (SSSR count). The zero-order valence-electron chi connectivity index (χ0n) is 17.0. The van der Waals surface area contributed by atoms with Gasteiger partial charge in [0.25, 0.3) is 0 Å². The van der Waals surface area contributed by atoms with E-state index < -0.39 is 0 Å². The van der Waals surface area contributed by atoms with Gasteiger partial charge in [-0.05, 0) is 58.0 Å². The van der Waals surface area contributed by atoms with Crippen LogP contribution in [0.3, 0.4) is 0 Å². The number of rotatable bonds is 8. The minimum Gasteiger partial charge on any atom is -0.372 e. The molecule has 5 nitrogen and oxygen atoms in total. The van der Waals surface area contributed by atoms with Crippen LogP contribution in [0.5, 0.6) is 0 Å². The van der Waals surface area contributed by atoms with Gasteiger partial charge >= 0.3 is 0 Å². The van der Waals surface area contributed by atoms with Crippen molar-refractivity contribution in [3.63, 3.8) is 0 Å². The van der Waals surface area contributed by atoms with E-state index in [2.05, 4.69) is 53.2 Å². The third-order valence-corrected chi connectivity index (χ3v) is 6.75. The van der Waals surface area contributed by atoms with Crippen LogP contribution in [0.2, 0.25) is 0 Å². The van der Waals surface area contributed by atoms with E-state index in [0.717, 1.165) is 40.1 Å². The van der Waals surface area contributed by atoms with Gasteiger partial charge in [0.1, 0.15) is 0 Å². The summed E-state index contributed by atoms with van der Waals surface area (Å²) in [6.07, 6.45) is 0. The van der Waals surface area contributed by atoms with Gasteiger partial charge in [-0.15, -0.1) is 21.5 Å². The van der Waals surface area contributed by atoms with Gasteiger partial charge in [0.05, 0.1) is 5.75 Å². The lowest BCUT2D eigenvalue weighted by atomic mass is 10.2. The molecule has 0 aliphatic heterocycles. The lowest BCUT2D eigenvalue weighted by Crippen LogP contribution is -2.21. The van der Waals surface area contributed by atoms with E-state index >= 15 is 0 Å². The van der Waals surface area contributed by atoms with E-state index in [0.29, 0.717) is 5.75 Å². The lowest BCUT2D eigenvalue weighted by molar-refractivity contribution is 0.102. The molecule has 0 unspecified atom stereocenters. The second-order valence-corrected chi connectivity index (χ2v) is 9.03. The third-order valence-electron chi connectivity index (χ3n) is 4.76. The van der Waals surface area contributed by atoms with Crippen molar-refractivity contribution in [1.29, 1.82) is 0 Å². The first-order valence-corrected chi connectivity index (χ1v) is 11.2. The van der Waals surface area contributed by atoms with Gasteiger partial charge in [-0.2, -0.15) is 0 Å². The van der Waals surface area contributed by atoms with Crippen molar-refractivity contribution in [3.05, 3.63) is 45.6 Å². The largest absolute Gasteiger partial charge is 0.372 e. The molecular formula is C21H26N4OS2. The van der Waals surface area contributed by atoms with Crippen LogP contribution < -0.4 is 4.90 Å². The zero-order chi connectivity index (χ0) is 20.3. The van der Waals surface area contributed by atoms with Crippen molar-refractivity contribution in [1.82, 2.24) is 14.8 Å². The maximum absolute atomic E-state index is 12.5. The molecule has 7 heteroatoms. The van der Waals surface area contributed by atoms with Crippen molar-refractivity contribution in [2.45, 2.75) is 32.9 Å². The molecule has 0 saturated heterocycles. The van der Waals surface area contributed by atoms with Gasteiger partial charge in [-0.1, -0.05) is 11.8 Å². The highest BCUT2D eigenvalue weighted by Crippen LogP contribution is 2.27. The Hall–Kier alpha value is -2.12. The summed E-state index contributed by atoms with van der Waals surface area (Å²) in [6, 6.07) is 10.4. The van der Waals surface area contributed by atoms with Crippen molar-refractivity contribution in [2.75, 3.05) is 23.7 Å². The van der Waals surface area contributed by atoms with E-state index in [-0.39, 0.29) is 5.78 Å². The molecule has 0 radical (unpaired) electrons. The number of aryl methyl sites for hydroxylation is 2. The highest BCUT2D eigenvalue weighted by atomic mass is 32.2. The molecule has 3 aromatic rings. The summed E-state index contributed by atoms with van der Waals surface area (Å²) in [5, 5.41) is 9.38. The van der Waals surface area contributed by atoms with Crippen LogP contribution in [0, 0.1) is 13.8 Å². The van der Waals surface area contributed by atoms with Gasteiger partial charge in [-0.25, -0.2) is 0 Å². The maximum Gasteiger partial charge on any atom is 0.191 e. The molecular weight excluding hydrogens is 388 g/mol. The minimum absolute atomic E-state index is 0.139. The van der Waals surface area contributed by atoms with Crippen LogP contribution in [0.15, 0.2) is 35.5 Å². The minimum atomic E-state index is 0.139. The number of thioether (sulfide) groups is 1. The number of benzene rings is 1. The van der Waals surface area contributed by atoms with E-state index in [1.165, 1.54) is 22.3 Å². The van der Waals surface area contributed by atoms with Gasteiger partial charge in [0.2, 0.25) is 0 Å². The van der Waals surface area contributed by atoms with Gasteiger partial charge in [0, 0.05) is 46.7 Å². The van der Waals surface area contributed by atoms with E-state index in [1.54, 1.807) is 11.3 Å². The molecule has 2 aromatic heterocycles. The van der Waals surface area contributed by atoms with Crippen LogP contribution >= 0.6 is 23.1 Å². The van der Waals surface area contributed by atoms with Crippen LogP contribution in [0.4, 0.5) is 5.69 Å². The number of anilines is 1. The number of carbonyl (C=O) groups is 1. The second-order valence-electron chi connectivity index (χ2n) is 6.62. The zero-order valence-corrected chi connectivity index (χ0v) is 18.7. The Bertz CT molecular complexity index is 955. The molecule has 0 spiro atoms. The standard InChI is InChI=1S/C21H26N4OS2/c1-6-25(7-2)17-10-8-16(9-11-17)20-22-23-21(24(20)5)27-13-19(26)18-12-14(3)28-15(18)4/h8-12H,6-7,13H2,1-5H3. The number of nitrogens with zero attached hydrogens (tertiary/aromatic N) is 4. The lowest BCUT2D eigenvalue weighted by Gasteiger charge is -2.21. The van der Waals surface area contributed by atoms with Crippen LogP contribution in [-0.4, -0.2) is 39.4 Å². The summed E-state index contributed by atoms with van der Waals surface area (Å²) < 4.78 is 1.95. The summed E-state index contributed by atoms with van der Waals surface area (Å²) in [7, 11) is 1.94. The topological polar surface area (TPSA) is 51.0 Å². The Morgan fingerprint density at radius 1 is 1.14 bits per heavy atom. The molecule has 0 atom stereocenters. The van der Waals surface area contributed by atoms with Crippen LogP contribution in [-0.2, 0) is 7.05 Å². The van der Waals surface area contributed by atoms with E-state index in [4.69, 9.17) is 0 Å². The Kier molecular flexibility index (Phi) is 6.57. The quantitative estimate of drug-likeness (QED) is 0.384. The van der Waals surface area contributed by atoms with Gasteiger partial charge in [-0.3, -0.25) is 4.79 Å². The number of ketones is 1. The molecule has 0 bridgehead atoms. The maximum atomic E-state index is 12.5. The molecule has 0 amide bonds. The summed E-state index contributed by atoms with van der Waals surface area (Å²) in [6.45, 7) is 10.3. The van der Waals surface area contributed by atoms with Crippen LogP contribution in [0.1, 0.15) is 34.0 Å². The van der Waals surface area contributed by atoms with Crippen molar-refractivity contribution in [3.8, 4) is 11.4 Å². The molecule has 0 fully saturated rings. The fourth-order valence-corrected chi connectivity index (χ4v) is 4.95. The molecule has 2 heterocycles. The van der Waals surface area contributed by atoms with Crippen molar-refractivity contribution < 1.29 is 4.79 Å². The SMILES string of the molecule is CCN(CC)c1ccc(-c2nnc(SCC(=O)c3cc(C)sc3C)n2C)cc1. The first-order valence-electron chi connectivity index (χ1n) is 9.42. The average Bonchev–Trinajstić information content (AvgIpc) is 3.23. The van der Waals surface area contributed by atoms with Crippen molar-refractivity contribution in [2.24, 2.45) is 7.05 Å². The van der Waals surface area contributed by atoms with E-state index in [9.17, 15) is 4.79 Å². The van der Waals surface area contributed by atoms with Crippen LogP contribution in [0.25, 0.3) is 11.4 Å². The van der Waals surface area contributed by atoms with E-state index in [1.807, 2.05) is 31.5 Å². The summed E-state index contributed by atoms with van der Waals surface area (Å²) in [5.41, 5.74) is 3.05. The normalized spacial score (nSPS) is 11.0. The van der Waals surface area contributed by atoms with Gasteiger partial charge in [0.15, 0.2) is 16.8 Å². The molecule has 1 aromatic carbocycles. The Morgan fingerprint density at radius 2 is 1.82 bits per heavy atom. The second kappa shape index (κ2) is 8.92. The fraction of sp³-hybridized carbons (Fsp3) is 0.381. The predicted octanol–water partition coefficient (Wildman–Crippen LogP) is 4.98. The van der Waals surface area contributed by atoms with Crippen molar-refractivity contribution >= 4 is 34.6 Å². The monoisotopic (exact) mass is 414 g/mol. The summed E-state index contributed by atoms with van der Waals surface area (Å²) >= 11 is 3.10. The molecule has 0 aliphatic rings. The molecule has 0 saturated carbocycles. The number of Topliss-reactive ketones (excluding diaryl/α,β-unsaturated/α-hetero) is 1. The fourth-order valence-electron chi connectivity index (χ4n) is 3.22. The molecule has 0 N–H and O–H groups in total. The summed E-state index contributed by atoms with van der Waals surface area (Å²) in [5.74, 6) is 1.31. The average molecular weight is 415 g/mol. The highest BCUT2D eigenvalue weighted by molar-refractivity contribution is 7.99. The first-order chi connectivity index (χ1) is 13.4. The Labute approximate surface area is 174 Å². The highest BCUT2D eigenvalue weighted by Gasteiger charge is 2.16. The molecule has 0 aliphatic carbocycles. The number of carbonyl (C=O) groups excluding carboxylic acids is 1. The number of hydrogen-bond acceptors (Lipinski definition) is 6. The Morgan fingerprint density at radius 3 is 2.39 bits per heavy atom. The number of aromatic nitrogens is 3. The molecule has 148 valence electrons. The predicted molar refractivity (Wildman–Crippen MR) is 119 cm³/mol. The number of hydrogen-bond donors (Lipinski definition) is 0. The smallest absolute Gasteiger partial charge is 0.191 e. The molecule has 28 heavy (non-hydrogen) atoms. The van der Waals surface area contributed by atoms with Gasteiger partial charge < -0.3 is 9.47 Å². The third kappa shape index (κ3) is 4.31.